The van der Waals surface area contributed by atoms with Crippen LogP contribution in [0.1, 0.15) is 47.8 Å². The topological polar surface area (TPSA) is 70.3 Å². The highest BCUT2D eigenvalue weighted by atomic mass is 32.1. The fourth-order valence-electron chi connectivity index (χ4n) is 3.59. The molecule has 0 radical (unpaired) electrons. The predicted octanol–water partition coefficient (Wildman–Crippen LogP) is 4.26. The number of thiophene rings is 1. The molecule has 2 heterocycles. The quantitative estimate of drug-likeness (QED) is 0.897. The second-order valence-electron chi connectivity index (χ2n) is 6.17. The van der Waals surface area contributed by atoms with Gasteiger partial charge in [0.25, 0.3) is 0 Å². The molecule has 0 amide bonds. The molecule has 0 fully saturated rings. The summed E-state index contributed by atoms with van der Waals surface area (Å²) in [7, 11) is 0. The molecule has 1 aliphatic heterocycles. The number of carbonyl (C=O) groups is 1. The SMILES string of the molecule is CCC[C@@]1(CC(=O)O)OCCc2c1sc1c(C)c(F)cc(C#N)c21. The Morgan fingerprint density at radius 3 is 2.96 bits per heavy atom. The van der Waals surface area contributed by atoms with Crippen molar-refractivity contribution in [3.63, 3.8) is 0 Å². The molecule has 126 valence electrons. The maximum atomic E-state index is 14.1. The highest BCUT2D eigenvalue weighted by Crippen LogP contribution is 2.49. The molecule has 2 aromatic rings. The van der Waals surface area contributed by atoms with Crippen LogP contribution in [0.15, 0.2) is 6.07 Å². The molecule has 4 nitrogen and oxygen atoms in total. The summed E-state index contributed by atoms with van der Waals surface area (Å²) in [5.41, 5.74) is 0.890. The molecule has 0 spiro atoms. The minimum atomic E-state index is -0.919. The molecule has 0 unspecified atom stereocenters. The predicted molar refractivity (Wildman–Crippen MR) is 89.7 cm³/mol. The van der Waals surface area contributed by atoms with E-state index < -0.39 is 17.4 Å². The van der Waals surface area contributed by atoms with E-state index in [1.165, 1.54) is 17.4 Å². The Kier molecular flexibility index (Phi) is 4.33. The summed E-state index contributed by atoms with van der Waals surface area (Å²) in [6.45, 7) is 4.09. The normalized spacial score (nSPS) is 19.9. The molecule has 1 aliphatic rings. The molecule has 1 N–H and O–H groups in total. The summed E-state index contributed by atoms with van der Waals surface area (Å²) >= 11 is 1.38. The van der Waals surface area contributed by atoms with Gasteiger partial charge in [-0.25, -0.2) is 4.39 Å². The van der Waals surface area contributed by atoms with Gasteiger partial charge < -0.3 is 9.84 Å². The van der Waals surface area contributed by atoms with Crippen LogP contribution < -0.4 is 0 Å². The summed E-state index contributed by atoms with van der Waals surface area (Å²) in [6, 6.07) is 3.36. The number of halogens is 1. The van der Waals surface area contributed by atoms with Gasteiger partial charge in [0.2, 0.25) is 0 Å². The van der Waals surface area contributed by atoms with Crippen LogP contribution in [-0.4, -0.2) is 17.7 Å². The maximum Gasteiger partial charge on any atom is 0.306 e. The van der Waals surface area contributed by atoms with Crippen LogP contribution in [0, 0.1) is 24.1 Å². The van der Waals surface area contributed by atoms with E-state index in [9.17, 15) is 19.6 Å². The largest absolute Gasteiger partial charge is 0.481 e. The average molecular weight is 347 g/mol. The van der Waals surface area contributed by atoms with Crippen LogP contribution >= 0.6 is 11.3 Å². The first-order valence-electron chi connectivity index (χ1n) is 7.94. The summed E-state index contributed by atoms with van der Waals surface area (Å²) in [6.07, 6.45) is 1.85. The molecule has 0 aliphatic carbocycles. The zero-order chi connectivity index (χ0) is 17.5. The molecule has 0 bridgehead atoms. The first-order chi connectivity index (χ1) is 11.4. The van der Waals surface area contributed by atoms with Crippen LogP contribution in [0.2, 0.25) is 0 Å². The number of nitriles is 1. The summed E-state index contributed by atoms with van der Waals surface area (Å²) in [4.78, 5) is 12.3. The third-order valence-corrected chi connectivity index (χ3v) is 6.14. The third kappa shape index (κ3) is 2.48. The Morgan fingerprint density at radius 2 is 2.33 bits per heavy atom. The van der Waals surface area contributed by atoms with E-state index in [0.29, 0.717) is 30.6 Å². The van der Waals surface area contributed by atoms with Crippen LogP contribution in [0.3, 0.4) is 0 Å². The van der Waals surface area contributed by atoms with Crippen LogP contribution in [0.25, 0.3) is 10.1 Å². The summed E-state index contributed by atoms with van der Waals surface area (Å²) in [5.74, 6) is -1.32. The minimum absolute atomic E-state index is 0.121. The number of aliphatic carboxylic acids is 1. The molecule has 1 atom stereocenters. The van der Waals surface area contributed by atoms with Gasteiger partial charge in [-0.1, -0.05) is 13.3 Å². The fourth-order valence-corrected chi connectivity index (χ4v) is 5.13. The van der Waals surface area contributed by atoms with Gasteiger partial charge >= 0.3 is 5.97 Å². The number of carboxylic acid groups (broad SMARTS) is 1. The number of hydrogen-bond acceptors (Lipinski definition) is 4. The third-order valence-electron chi connectivity index (χ3n) is 4.60. The van der Waals surface area contributed by atoms with Gasteiger partial charge in [-0.3, -0.25) is 4.79 Å². The molecule has 3 rings (SSSR count). The first-order valence-corrected chi connectivity index (χ1v) is 8.76. The van der Waals surface area contributed by atoms with E-state index in [2.05, 4.69) is 6.07 Å². The lowest BCUT2D eigenvalue weighted by atomic mass is 9.85. The van der Waals surface area contributed by atoms with E-state index in [0.717, 1.165) is 26.9 Å². The van der Waals surface area contributed by atoms with Gasteiger partial charge in [-0.15, -0.1) is 11.3 Å². The maximum absolute atomic E-state index is 14.1. The van der Waals surface area contributed by atoms with Gasteiger partial charge in [0.05, 0.1) is 24.7 Å². The van der Waals surface area contributed by atoms with Gasteiger partial charge in [0.1, 0.15) is 11.4 Å². The Hall–Kier alpha value is -1.97. The molecular formula is C18H18FNO3S. The Morgan fingerprint density at radius 1 is 1.58 bits per heavy atom. The van der Waals surface area contributed by atoms with Crippen molar-refractivity contribution in [2.75, 3.05) is 6.61 Å². The minimum Gasteiger partial charge on any atom is -0.481 e. The molecule has 0 saturated heterocycles. The standard InChI is InChI=1S/C18H18FNO3S/c1-3-5-18(8-14(21)22)17-12(4-6-23-18)15-11(9-20)7-13(19)10(2)16(15)24-17/h7H,3-6,8H2,1-2H3,(H,21,22)/t18-/m0/s1. The average Bonchev–Trinajstić information content (AvgIpc) is 2.92. The number of hydrogen-bond donors (Lipinski definition) is 1. The molecule has 1 aromatic heterocycles. The van der Waals surface area contributed by atoms with Crippen molar-refractivity contribution in [3.05, 3.63) is 33.5 Å². The number of nitrogens with zero attached hydrogens (tertiary/aromatic N) is 1. The van der Waals surface area contributed by atoms with Crippen molar-refractivity contribution in [2.24, 2.45) is 0 Å². The Labute approximate surface area is 143 Å². The van der Waals surface area contributed by atoms with E-state index in [4.69, 9.17) is 4.74 Å². The number of aryl methyl sites for hydroxylation is 1. The fraction of sp³-hybridized carbons (Fsp3) is 0.444. The highest BCUT2D eigenvalue weighted by molar-refractivity contribution is 7.19. The van der Waals surface area contributed by atoms with Crippen molar-refractivity contribution in [1.29, 1.82) is 5.26 Å². The number of ether oxygens (including phenoxy) is 1. The number of rotatable bonds is 4. The highest BCUT2D eigenvalue weighted by Gasteiger charge is 2.42. The molecule has 24 heavy (non-hydrogen) atoms. The zero-order valence-corrected chi connectivity index (χ0v) is 14.4. The summed E-state index contributed by atoms with van der Waals surface area (Å²) in [5, 5.41) is 19.6. The van der Waals surface area contributed by atoms with E-state index >= 15 is 0 Å². The number of fused-ring (bicyclic) bond motifs is 3. The van der Waals surface area contributed by atoms with Gasteiger partial charge in [-0.2, -0.15) is 5.26 Å². The Balaban J connectivity index is 2.34. The lowest BCUT2D eigenvalue weighted by molar-refractivity contribution is -0.148. The molecule has 1 aromatic carbocycles. The second-order valence-corrected chi connectivity index (χ2v) is 7.19. The van der Waals surface area contributed by atoms with Crippen molar-refractivity contribution >= 4 is 27.4 Å². The van der Waals surface area contributed by atoms with Crippen LogP contribution in [0.4, 0.5) is 4.39 Å². The monoisotopic (exact) mass is 347 g/mol. The van der Waals surface area contributed by atoms with Crippen molar-refractivity contribution in [2.45, 2.75) is 45.1 Å². The lowest BCUT2D eigenvalue weighted by Gasteiger charge is -2.36. The van der Waals surface area contributed by atoms with E-state index in [-0.39, 0.29) is 6.42 Å². The molecule has 6 heteroatoms. The lowest BCUT2D eigenvalue weighted by Crippen LogP contribution is -2.36. The second kappa shape index (κ2) is 6.15. The molecule has 0 saturated carbocycles. The van der Waals surface area contributed by atoms with Gasteiger partial charge in [-0.05, 0) is 31.4 Å². The van der Waals surface area contributed by atoms with Crippen LogP contribution in [0.5, 0.6) is 0 Å². The molecular weight excluding hydrogens is 329 g/mol. The van der Waals surface area contributed by atoms with E-state index in [1.807, 2.05) is 6.92 Å². The number of benzene rings is 1. The first kappa shape index (κ1) is 16.9. The van der Waals surface area contributed by atoms with Gasteiger partial charge in [0, 0.05) is 20.5 Å². The van der Waals surface area contributed by atoms with Crippen molar-refractivity contribution in [1.82, 2.24) is 0 Å². The van der Waals surface area contributed by atoms with E-state index in [1.54, 1.807) is 6.92 Å². The van der Waals surface area contributed by atoms with Gasteiger partial charge in [0.15, 0.2) is 0 Å². The summed E-state index contributed by atoms with van der Waals surface area (Å²) < 4.78 is 20.8. The van der Waals surface area contributed by atoms with Crippen molar-refractivity contribution in [3.8, 4) is 6.07 Å². The zero-order valence-electron chi connectivity index (χ0n) is 13.6. The smallest absolute Gasteiger partial charge is 0.306 e. The van der Waals surface area contributed by atoms with Crippen LogP contribution in [-0.2, 0) is 21.6 Å². The van der Waals surface area contributed by atoms with Crippen molar-refractivity contribution < 1.29 is 19.0 Å². The Bertz CT molecular complexity index is 867. The number of carboxylic acids is 1.